The first-order valence-electron chi connectivity index (χ1n) is 9.84. The standard InChI is InChI=1S/C21H22F3N5O3/c1-5-29(13(3)11-31-18-10-25-17(9-26-18)21(22,23)24)20(30)15-7-6-12(2)8-16(15)19-28-27-14(4)32-19/h6-10,13H,5,11H2,1-4H3. The number of alkyl halides is 3. The molecule has 32 heavy (non-hydrogen) atoms. The summed E-state index contributed by atoms with van der Waals surface area (Å²) in [5, 5.41) is 7.86. The molecule has 8 nitrogen and oxygen atoms in total. The van der Waals surface area contributed by atoms with Gasteiger partial charge in [-0.2, -0.15) is 13.2 Å². The summed E-state index contributed by atoms with van der Waals surface area (Å²) in [5.74, 6) is 0.292. The van der Waals surface area contributed by atoms with Gasteiger partial charge in [-0.3, -0.25) is 4.79 Å². The molecule has 0 aliphatic heterocycles. The third-order valence-corrected chi connectivity index (χ3v) is 4.69. The number of hydrogen-bond acceptors (Lipinski definition) is 7. The molecule has 0 N–H and O–H groups in total. The van der Waals surface area contributed by atoms with E-state index < -0.39 is 17.9 Å². The fourth-order valence-corrected chi connectivity index (χ4v) is 3.07. The highest BCUT2D eigenvalue weighted by molar-refractivity contribution is 6.00. The van der Waals surface area contributed by atoms with Gasteiger partial charge in [0.15, 0.2) is 5.69 Å². The lowest BCUT2D eigenvalue weighted by molar-refractivity contribution is -0.141. The predicted octanol–water partition coefficient (Wildman–Crippen LogP) is 4.09. The highest BCUT2D eigenvalue weighted by atomic mass is 19.4. The van der Waals surface area contributed by atoms with Crippen LogP contribution in [-0.4, -0.2) is 50.2 Å². The molecule has 2 heterocycles. The molecule has 0 aliphatic rings. The van der Waals surface area contributed by atoms with Gasteiger partial charge in [-0.1, -0.05) is 11.6 Å². The summed E-state index contributed by atoms with van der Waals surface area (Å²) < 4.78 is 48.8. The van der Waals surface area contributed by atoms with Gasteiger partial charge in [0, 0.05) is 13.5 Å². The average Bonchev–Trinajstić information content (AvgIpc) is 3.18. The zero-order valence-electron chi connectivity index (χ0n) is 18.0. The van der Waals surface area contributed by atoms with Crippen molar-refractivity contribution in [3.8, 4) is 17.3 Å². The first-order valence-corrected chi connectivity index (χ1v) is 9.84. The van der Waals surface area contributed by atoms with Crippen LogP contribution in [0.2, 0.25) is 0 Å². The van der Waals surface area contributed by atoms with Crippen LogP contribution >= 0.6 is 0 Å². The van der Waals surface area contributed by atoms with Crippen molar-refractivity contribution >= 4 is 5.91 Å². The van der Waals surface area contributed by atoms with E-state index in [9.17, 15) is 18.0 Å². The maximum atomic E-state index is 13.3. The molecule has 11 heteroatoms. The number of rotatable bonds is 7. The number of carbonyl (C=O) groups excluding carboxylic acids is 1. The number of halogens is 3. The summed E-state index contributed by atoms with van der Waals surface area (Å²) in [6.07, 6.45) is -3.07. The fourth-order valence-electron chi connectivity index (χ4n) is 3.07. The van der Waals surface area contributed by atoms with Gasteiger partial charge in [0.2, 0.25) is 17.7 Å². The van der Waals surface area contributed by atoms with Gasteiger partial charge in [-0.25, -0.2) is 9.97 Å². The molecule has 1 atom stereocenters. The Bertz CT molecular complexity index is 1080. The number of aryl methyl sites for hydroxylation is 2. The minimum absolute atomic E-state index is 0.0144. The van der Waals surface area contributed by atoms with Crippen molar-refractivity contribution in [1.29, 1.82) is 0 Å². The maximum Gasteiger partial charge on any atom is 0.434 e. The highest BCUT2D eigenvalue weighted by Gasteiger charge is 2.33. The maximum absolute atomic E-state index is 13.3. The zero-order valence-corrected chi connectivity index (χ0v) is 18.0. The molecule has 3 aromatic rings. The second-order valence-electron chi connectivity index (χ2n) is 7.16. The SMILES string of the molecule is CCN(C(=O)c1ccc(C)cc1-c1nnc(C)o1)C(C)COc1cnc(C(F)(F)F)cn1. The Morgan fingerprint density at radius 3 is 2.50 bits per heavy atom. The Hall–Kier alpha value is -3.50. The topological polar surface area (TPSA) is 94.2 Å². The van der Waals surface area contributed by atoms with Gasteiger partial charge in [-0.15, -0.1) is 10.2 Å². The van der Waals surface area contributed by atoms with E-state index in [1.54, 1.807) is 30.9 Å². The quantitative estimate of drug-likeness (QED) is 0.536. The number of amides is 1. The van der Waals surface area contributed by atoms with Crippen molar-refractivity contribution in [3.63, 3.8) is 0 Å². The van der Waals surface area contributed by atoms with E-state index in [2.05, 4.69) is 20.2 Å². The van der Waals surface area contributed by atoms with Crippen LogP contribution in [-0.2, 0) is 6.18 Å². The molecular formula is C21H22F3N5O3. The lowest BCUT2D eigenvalue weighted by Gasteiger charge is -2.28. The molecule has 0 bridgehead atoms. The Morgan fingerprint density at radius 1 is 1.19 bits per heavy atom. The molecule has 0 spiro atoms. The Morgan fingerprint density at radius 2 is 1.94 bits per heavy atom. The molecule has 0 radical (unpaired) electrons. The van der Waals surface area contributed by atoms with Crippen LogP contribution in [0.4, 0.5) is 13.2 Å². The highest BCUT2D eigenvalue weighted by Crippen LogP contribution is 2.28. The number of aromatic nitrogens is 4. The van der Waals surface area contributed by atoms with Gasteiger partial charge in [-0.05, 0) is 32.9 Å². The predicted molar refractivity (Wildman–Crippen MR) is 108 cm³/mol. The molecule has 0 saturated heterocycles. The number of ether oxygens (including phenoxy) is 1. The van der Waals surface area contributed by atoms with Crippen molar-refractivity contribution in [2.45, 2.75) is 39.9 Å². The second kappa shape index (κ2) is 9.33. The van der Waals surface area contributed by atoms with Crippen LogP contribution in [0.15, 0.2) is 35.0 Å². The molecule has 1 aromatic carbocycles. The summed E-state index contributed by atoms with van der Waals surface area (Å²) >= 11 is 0. The third kappa shape index (κ3) is 5.21. The van der Waals surface area contributed by atoms with Crippen LogP contribution in [0.5, 0.6) is 5.88 Å². The van der Waals surface area contributed by atoms with Crippen molar-refractivity contribution in [2.75, 3.05) is 13.2 Å². The minimum atomic E-state index is -4.58. The Labute approximate surface area is 182 Å². The number of nitrogens with zero attached hydrogens (tertiary/aromatic N) is 5. The Kier molecular flexibility index (Phi) is 6.75. The summed E-state index contributed by atoms with van der Waals surface area (Å²) in [6, 6.07) is 4.90. The lowest BCUT2D eigenvalue weighted by Crippen LogP contribution is -2.42. The van der Waals surface area contributed by atoms with Crippen molar-refractivity contribution in [2.24, 2.45) is 0 Å². The third-order valence-electron chi connectivity index (χ3n) is 4.69. The minimum Gasteiger partial charge on any atom is -0.474 e. The molecule has 170 valence electrons. The zero-order chi connectivity index (χ0) is 23.5. The van der Waals surface area contributed by atoms with E-state index in [1.165, 1.54) is 0 Å². The fraction of sp³-hybridized carbons (Fsp3) is 0.381. The van der Waals surface area contributed by atoms with Gasteiger partial charge < -0.3 is 14.1 Å². The van der Waals surface area contributed by atoms with E-state index in [0.717, 1.165) is 11.8 Å². The van der Waals surface area contributed by atoms with Gasteiger partial charge in [0.25, 0.3) is 5.91 Å². The van der Waals surface area contributed by atoms with E-state index in [-0.39, 0.29) is 24.3 Å². The average molecular weight is 449 g/mol. The molecule has 0 saturated carbocycles. The van der Waals surface area contributed by atoms with Crippen LogP contribution < -0.4 is 4.74 Å². The van der Waals surface area contributed by atoms with Crippen molar-refractivity contribution in [1.82, 2.24) is 25.1 Å². The smallest absolute Gasteiger partial charge is 0.434 e. The summed E-state index contributed by atoms with van der Waals surface area (Å²) in [4.78, 5) is 21.9. The first kappa shape index (κ1) is 23.2. The molecule has 1 amide bonds. The number of benzene rings is 1. The number of carbonyl (C=O) groups is 1. The first-order chi connectivity index (χ1) is 15.1. The van der Waals surface area contributed by atoms with E-state index in [4.69, 9.17) is 9.15 Å². The van der Waals surface area contributed by atoms with E-state index in [0.29, 0.717) is 29.8 Å². The summed E-state index contributed by atoms with van der Waals surface area (Å²) in [5.41, 5.74) is 0.734. The van der Waals surface area contributed by atoms with Crippen LogP contribution in [0.1, 0.15) is 41.4 Å². The van der Waals surface area contributed by atoms with Gasteiger partial charge in [0.05, 0.1) is 29.6 Å². The number of likely N-dealkylation sites (N-methyl/N-ethyl adjacent to an activating group) is 1. The summed E-state index contributed by atoms with van der Waals surface area (Å²) in [7, 11) is 0. The van der Waals surface area contributed by atoms with E-state index in [1.807, 2.05) is 19.9 Å². The second-order valence-corrected chi connectivity index (χ2v) is 7.16. The molecular weight excluding hydrogens is 427 g/mol. The van der Waals surface area contributed by atoms with Crippen molar-refractivity contribution < 1.29 is 27.1 Å². The van der Waals surface area contributed by atoms with Crippen LogP contribution in [0.3, 0.4) is 0 Å². The largest absolute Gasteiger partial charge is 0.474 e. The number of hydrogen-bond donors (Lipinski definition) is 0. The lowest BCUT2D eigenvalue weighted by atomic mass is 10.0. The van der Waals surface area contributed by atoms with Crippen LogP contribution in [0.25, 0.3) is 11.5 Å². The van der Waals surface area contributed by atoms with Gasteiger partial charge >= 0.3 is 6.18 Å². The van der Waals surface area contributed by atoms with Crippen molar-refractivity contribution in [3.05, 3.63) is 53.3 Å². The molecule has 0 fully saturated rings. The molecule has 1 unspecified atom stereocenters. The van der Waals surface area contributed by atoms with Gasteiger partial charge in [0.1, 0.15) is 6.61 Å². The molecule has 2 aromatic heterocycles. The molecule has 3 rings (SSSR count). The Balaban J connectivity index is 1.76. The summed E-state index contributed by atoms with van der Waals surface area (Å²) in [6.45, 7) is 7.52. The molecule has 0 aliphatic carbocycles. The normalized spacial score (nSPS) is 12.5. The van der Waals surface area contributed by atoms with Crippen LogP contribution in [0, 0.1) is 13.8 Å². The monoisotopic (exact) mass is 449 g/mol. The van der Waals surface area contributed by atoms with E-state index >= 15 is 0 Å².